The fraction of sp³-hybridized carbons (Fsp3) is 0.0938. The van der Waals surface area contributed by atoms with Crippen LogP contribution < -0.4 is 21.2 Å². The largest absolute Gasteiger partial charge is 0.274 e. The third kappa shape index (κ3) is 5.44. The van der Waals surface area contributed by atoms with E-state index in [2.05, 4.69) is 159 Å². The van der Waals surface area contributed by atoms with E-state index in [-0.39, 0.29) is 6.04 Å². The van der Waals surface area contributed by atoms with Crippen molar-refractivity contribution in [3.8, 4) is 0 Å². The topological polar surface area (TPSA) is 3.24 Å². The molecule has 1 nitrogen and oxygen atoms in total. The van der Waals surface area contributed by atoms with Crippen LogP contribution in [0.5, 0.6) is 0 Å². The molecule has 1 aliphatic rings. The summed E-state index contributed by atoms with van der Waals surface area (Å²) in [4.78, 5) is 0. The minimum atomic E-state index is -0.656. The zero-order valence-corrected chi connectivity index (χ0v) is 22.0. The van der Waals surface area contributed by atoms with Crippen LogP contribution in [0, 0.1) is 30.8 Å². The molecule has 35 heavy (non-hydrogen) atoms. The Morgan fingerprint density at radius 1 is 0.543 bits per heavy atom. The third-order valence-electron chi connectivity index (χ3n) is 6.42. The van der Waals surface area contributed by atoms with Gasteiger partial charge in [0.1, 0.15) is 0 Å². The standard InChI is InChI=1S/C32H30NP2/c1-26(33(2)35(29-20-11-5-12-21-29)30-22-13-6-14-23-30)31-24-15-25-32(31)34(27-16-7-3-8-17-27)28-18-9-4-10-19-28/h3-26H,1-2H3. The van der Waals surface area contributed by atoms with Gasteiger partial charge in [0.2, 0.25) is 0 Å². The van der Waals surface area contributed by atoms with Crippen molar-refractivity contribution in [1.82, 2.24) is 4.67 Å². The summed E-state index contributed by atoms with van der Waals surface area (Å²) in [5.41, 5.74) is 1.45. The van der Waals surface area contributed by atoms with E-state index in [1.807, 2.05) is 0 Å². The van der Waals surface area contributed by atoms with Crippen LogP contribution in [0.1, 0.15) is 6.92 Å². The van der Waals surface area contributed by atoms with Gasteiger partial charge in [0.25, 0.3) is 0 Å². The molecular weight excluding hydrogens is 460 g/mol. The van der Waals surface area contributed by atoms with E-state index in [1.54, 1.807) is 0 Å². The smallest absolute Gasteiger partial charge is 0.0281 e. The minimum absolute atomic E-state index is 0.268. The number of benzene rings is 4. The average Bonchev–Trinajstić information content (AvgIpc) is 3.40. The summed E-state index contributed by atoms with van der Waals surface area (Å²) in [7, 11) is 1.00. The molecule has 0 aromatic heterocycles. The Morgan fingerprint density at radius 2 is 0.943 bits per heavy atom. The van der Waals surface area contributed by atoms with Gasteiger partial charge in [-0.25, -0.2) is 0 Å². The van der Waals surface area contributed by atoms with Crippen LogP contribution in [-0.2, 0) is 0 Å². The Labute approximate surface area is 213 Å². The van der Waals surface area contributed by atoms with Crippen molar-refractivity contribution in [2.75, 3.05) is 7.05 Å². The molecule has 0 saturated heterocycles. The Hall–Kier alpha value is -2.30. The lowest BCUT2D eigenvalue weighted by Crippen LogP contribution is -2.37. The first-order valence-corrected chi connectivity index (χ1v) is 14.7. The van der Waals surface area contributed by atoms with Gasteiger partial charge in [-0.2, -0.15) is 0 Å². The van der Waals surface area contributed by atoms with Crippen molar-refractivity contribution >= 4 is 37.2 Å². The monoisotopic (exact) mass is 490 g/mol. The summed E-state index contributed by atoms with van der Waals surface area (Å²) < 4.78 is 2.59. The van der Waals surface area contributed by atoms with Gasteiger partial charge in [-0.05, 0) is 62.4 Å². The van der Waals surface area contributed by atoms with Crippen LogP contribution in [0.4, 0.5) is 0 Å². The van der Waals surface area contributed by atoms with E-state index >= 15 is 0 Å². The van der Waals surface area contributed by atoms with Crippen molar-refractivity contribution in [2.45, 2.75) is 13.0 Å². The number of hydrogen-bond donors (Lipinski definition) is 0. The first-order chi connectivity index (χ1) is 17.2. The summed E-state index contributed by atoms with van der Waals surface area (Å²) in [6.07, 6.45) is 6.92. The normalized spacial score (nSPS) is 15.8. The molecule has 5 rings (SSSR count). The van der Waals surface area contributed by atoms with E-state index in [0.29, 0.717) is 0 Å². The quantitative estimate of drug-likeness (QED) is 0.265. The van der Waals surface area contributed by atoms with Crippen LogP contribution in [0.15, 0.2) is 121 Å². The predicted octanol–water partition coefficient (Wildman–Crippen LogP) is 6.22. The molecule has 3 heteroatoms. The van der Waals surface area contributed by atoms with Gasteiger partial charge in [-0.3, -0.25) is 4.67 Å². The molecule has 1 fully saturated rings. The molecule has 0 heterocycles. The zero-order chi connectivity index (χ0) is 24.0. The second-order valence-corrected chi connectivity index (χ2v) is 13.1. The Balaban J connectivity index is 1.49. The van der Waals surface area contributed by atoms with Gasteiger partial charge in [0.15, 0.2) is 0 Å². The number of nitrogens with zero attached hydrogens (tertiary/aromatic N) is 1. The van der Waals surface area contributed by atoms with Crippen molar-refractivity contribution in [3.05, 3.63) is 152 Å². The van der Waals surface area contributed by atoms with Crippen LogP contribution in [0.3, 0.4) is 0 Å². The highest BCUT2D eigenvalue weighted by Gasteiger charge is 2.42. The van der Waals surface area contributed by atoms with Crippen molar-refractivity contribution in [2.24, 2.45) is 0 Å². The van der Waals surface area contributed by atoms with Gasteiger partial charge in [-0.1, -0.05) is 121 Å². The first-order valence-electron chi connectivity index (χ1n) is 12.0. The van der Waals surface area contributed by atoms with Gasteiger partial charge in [0.05, 0.1) is 0 Å². The molecule has 4 aromatic rings. The fourth-order valence-electron chi connectivity index (χ4n) is 4.59. The molecule has 0 aliphatic heterocycles. The van der Waals surface area contributed by atoms with Crippen molar-refractivity contribution < 1.29 is 0 Å². The molecule has 0 spiro atoms. The van der Waals surface area contributed by atoms with Crippen LogP contribution >= 0.6 is 16.0 Å². The lowest BCUT2D eigenvalue weighted by atomic mass is 10.00. The third-order valence-corrected chi connectivity index (χ3v) is 11.5. The van der Waals surface area contributed by atoms with E-state index in [9.17, 15) is 0 Å². The highest BCUT2D eigenvalue weighted by Crippen LogP contribution is 2.58. The number of hydrogen-bond acceptors (Lipinski definition) is 1. The molecule has 4 aromatic carbocycles. The van der Waals surface area contributed by atoms with Crippen molar-refractivity contribution in [1.29, 1.82) is 0 Å². The maximum Gasteiger partial charge on any atom is 0.0281 e. The van der Waals surface area contributed by atoms with Crippen molar-refractivity contribution in [3.63, 3.8) is 0 Å². The summed E-state index contributed by atoms with van der Waals surface area (Å²) in [5, 5.41) is 5.54. The van der Waals surface area contributed by atoms with Gasteiger partial charge in [-0.15, -0.1) is 0 Å². The van der Waals surface area contributed by atoms with E-state index in [0.717, 1.165) is 0 Å². The Bertz CT molecular complexity index is 1090. The maximum atomic E-state index is 2.59. The molecule has 1 atom stereocenters. The minimum Gasteiger partial charge on any atom is -0.274 e. The second-order valence-electron chi connectivity index (χ2n) is 8.61. The van der Waals surface area contributed by atoms with Crippen LogP contribution in [-0.4, -0.2) is 17.8 Å². The summed E-state index contributed by atoms with van der Waals surface area (Å²) >= 11 is 0. The Morgan fingerprint density at radius 3 is 1.37 bits per heavy atom. The van der Waals surface area contributed by atoms with E-state index in [4.69, 9.17) is 0 Å². The van der Waals surface area contributed by atoms with E-state index in [1.165, 1.54) is 32.8 Å². The Kier molecular flexibility index (Phi) is 8.10. The average molecular weight is 491 g/mol. The lowest BCUT2D eigenvalue weighted by Gasteiger charge is -2.40. The molecule has 1 aliphatic carbocycles. The lowest BCUT2D eigenvalue weighted by molar-refractivity contribution is 0.454. The highest BCUT2D eigenvalue weighted by atomic mass is 31.1. The van der Waals surface area contributed by atoms with Gasteiger partial charge < -0.3 is 0 Å². The molecular formula is C32H30NP2. The maximum absolute atomic E-state index is 2.59. The van der Waals surface area contributed by atoms with Crippen LogP contribution in [0.2, 0.25) is 0 Å². The predicted molar refractivity (Wildman–Crippen MR) is 155 cm³/mol. The number of rotatable bonds is 8. The summed E-state index contributed by atoms with van der Waals surface area (Å²) in [5.74, 6) is 1.42. The summed E-state index contributed by atoms with van der Waals surface area (Å²) in [6, 6.07) is 44.2. The van der Waals surface area contributed by atoms with Crippen LogP contribution in [0.25, 0.3) is 0 Å². The van der Waals surface area contributed by atoms with Gasteiger partial charge >= 0.3 is 0 Å². The molecule has 1 saturated carbocycles. The molecule has 0 bridgehead atoms. The highest BCUT2D eigenvalue weighted by molar-refractivity contribution is 7.76. The fourth-order valence-corrected chi connectivity index (χ4v) is 9.55. The zero-order valence-electron chi connectivity index (χ0n) is 20.2. The molecule has 1 unspecified atom stereocenters. The van der Waals surface area contributed by atoms with E-state index < -0.39 is 16.0 Å². The van der Waals surface area contributed by atoms with Gasteiger partial charge in [0, 0.05) is 25.7 Å². The molecule has 0 amide bonds. The molecule has 0 N–H and O–H groups in total. The molecule has 5 radical (unpaired) electrons. The second kappa shape index (κ2) is 11.6. The summed E-state index contributed by atoms with van der Waals surface area (Å²) in [6.45, 7) is 2.36. The first kappa shape index (κ1) is 24.4. The molecule has 173 valence electrons. The SMILES string of the molecule is CC([C]1[CH][CH][CH][C]1P(c1ccccc1)c1ccccc1)N(C)P(c1ccccc1)c1ccccc1.